The van der Waals surface area contributed by atoms with Gasteiger partial charge >= 0.3 is 0 Å². The van der Waals surface area contributed by atoms with E-state index in [1.54, 1.807) is 0 Å². The van der Waals surface area contributed by atoms with Crippen molar-refractivity contribution in [3.05, 3.63) is 34.9 Å². The molecule has 0 unspecified atom stereocenters. The number of aliphatic hydroxyl groups is 2. The molecule has 0 saturated heterocycles. The lowest BCUT2D eigenvalue weighted by Gasteiger charge is -2.52. The van der Waals surface area contributed by atoms with Gasteiger partial charge in [0.25, 0.3) is 0 Å². The van der Waals surface area contributed by atoms with Crippen LogP contribution in [0.3, 0.4) is 0 Å². The summed E-state index contributed by atoms with van der Waals surface area (Å²) in [6.07, 6.45) is 10.8. The second-order valence-corrected chi connectivity index (χ2v) is 11.9. The SMILES string of the molecule is CC(C)[C@@H](C)/C=C/[C@@H](C)[C@H]1C[C@@H](O)C2=C3C(=O)C=C4C[C@@H](O)CC[C@]4(C)[C@H]3CC[C@@]21C. The molecule has 0 spiro atoms. The van der Waals surface area contributed by atoms with Crippen LogP contribution in [0.5, 0.6) is 0 Å². The Labute approximate surface area is 188 Å². The fraction of sp³-hybridized carbons (Fsp3) is 0.750. The molecule has 0 bridgehead atoms. The zero-order valence-electron chi connectivity index (χ0n) is 20.3. The number of carbonyl (C=O) groups is 1. The standard InChI is InChI=1S/C28H42O3/c1-16(2)17(3)7-8-18(4)22-15-24(31)26-25-21(10-12-28(22,26)6)27(5)11-9-20(29)13-19(27)14-23(25)30/h7-8,14,16-18,20-22,24,29,31H,9-13,15H2,1-6H3/b8-7+/t17-,18+,20-,21-,22+,24+,27-,28+/m0/s1. The minimum Gasteiger partial charge on any atom is -0.393 e. The molecule has 0 aliphatic heterocycles. The summed E-state index contributed by atoms with van der Waals surface area (Å²) in [4.78, 5) is 13.4. The van der Waals surface area contributed by atoms with Crippen molar-refractivity contribution in [3.63, 3.8) is 0 Å². The highest BCUT2D eigenvalue weighted by Crippen LogP contribution is 2.64. The quantitative estimate of drug-likeness (QED) is 0.573. The second-order valence-electron chi connectivity index (χ2n) is 11.9. The van der Waals surface area contributed by atoms with Crippen LogP contribution in [-0.4, -0.2) is 28.2 Å². The van der Waals surface area contributed by atoms with E-state index in [1.807, 2.05) is 6.08 Å². The number of allylic oxidation sites excluding steroid dienone is 4. The molecule has 0 aromatic carbocycles. The number of rotatable bonds is 4. The molecule has 0 aromatic heterocycles. The van der Waals surface area contributed by atoms with Crippen molar-refractivity contribution in [1.82, 2.24) is 0 Å². The molecule has 0 amide bonds. The van der Waals surface area contributed by atoms with Gasteiger partial charge in [-0.3, -0.25) is 4.79 Å². The van der Waals surface area contributed by atoms with Crippen molar-refractivity contribution in [1.29, 1.82) is 0 Å². The predicted octanol–water partition coefficient (Wildman–Crippen LogP) is 5.62. The lowest BCUT2D eigenvalue weighted by molar-refractivity contribution is -0.113. The van der Waals surface area contributed by atoms with Gasteiger partial charge in [-0.25, -0.2) is 0 Å². The van der Waals surface area contributed by atoms with Crippen molar-refractivity contribution >= 4 is 5.78 Å². The second kappa shape index (κ2) is 7.99. The minimum atomic E-state index is -0.511. The Morgan fingerprint density at radius 3 is 2.39 bits per heavy atom. The summed E-state index contributed by atoms with van der Waals surface area (Å²) in [5, 5.41) is 21.4. The molecular formula is C28H42O3. The van der Waals surface area contributed by atoms with Crippen LogP contribution in [-0.2, 0) is 4.79 Å². The van der Waals surface area contributed by atoms with Gasteiger partial charge < -0.3 is 10.2 Å². The lowest BCUT2D eigenvalue weighted by Crippen LogP contribution is -2.46. The van der Waals surface area contributed by atoms with Crippen LogP contribution in [0.1, 0.15) is 80.1 Å². The molecule has 8 atom stereocenters. The first kappa shape index (κ1) is 23.0. The van der Waals surface area contributed by atoms with E-state index < -0.39 is 6.10 Å². The van der Waals surface area contributed by atoms with Crippen LogP contribution in [0.2, 0.25) is 0 Å². The van der Waals surface area contributed by atoms with E-state index in [0.717, 1.165) is 48.8 Å². The summed E-state index contributed by atoms with van der Waals surface area (Å²) in [7, 11) is 0. The number of aliphatic hydroxyl groups excluding tert-OH is 2. The van der Waals surface area contributed by atoms with Crippen molar-refractivity contribution in [2.24, 2.45) is 40.4 Å². The fourth-order valence-electron chi connectivity index (χ4n) is 7.30. The van der Waals surface area contributed by atoms with E-state index in [9.17, 15) is 15.0 Å². The van der Waals surface area contributed by atoms with Gasteiger partial charge in [-0.15, -0.1) is 0 Å². The maximum Gasteiger partial charge on any atom is 0.182 e. The first-order valence-electron chi connectivity index (χ1n) is 12.5. The molecule has 2 fully saturated rings. The maximum atomic E-state index is 13.4. The monoisotopic (exact) mass is 426 g/mol. The molecule has 0 heterocycles. The van der Waals surface area contributed by atoms with Gasteiger partial charge in [0.2, 0.25) is 0 Å². The molecule has 2 saturated carbocycles. The van der Waals surface area contributed by atoms with E-state index in [0.29, 0.717) is 30.1 Å². The zero-order chi connectivity index (χ0) is 22.7. The van der Waals surface area contributed by atoms with Crippen LogP contribution < -0.4 is 0 Å². The molecule has 172 valence electrons. The summed E-state index contributed by atoms with van der Waals surface area (Å²) >= 11 is 0. The van der Waals surface area contributed by atoms with Gasteiger partial charge in [-0.2, -0.15) is 0 Å². The number of hydrogen-bond donors (Lipinski definition) is 2. The first-order chi connectivity index (χ1) is 14.5. The highest BCUT2D eigenvalue weighted by atomic mass is 16.3. The summed E-state index contributed by atoms with van der Waals surface area (Å²) in [5.41, 5.74) is 2.96. The number of ketones is 1. The van der Waals surface area contributed by atoms with Gasteiger partial charge in [-0.1, -0.05) is 59.3 Å². The lowest BCUT2D eigenvalue weighted by atomic mass is 9.51. The molecule has 2 N–H and O–H groups in total. The summed E-state index contributed by atoms with van der Waals surface area (Å²) in [5.74, 6) is 2.19. The third-order valence-electron chi connectivity index (χ3n) is 9.77. The average molecular weight is 427 g/mol. The molecule has 31 heavy (non-hydrogen) atoms. The Kier molecular flexibility index (Phi) is 5.92. The summed E-state index contributed by atoms with van der Waals surface area (Å²) < 4.78 is 0. The highest BCUT2D eigenvalue weighted by Gasteiger charge is 2.58. The first-order valence-corrected chi connectivity index (χ1v) is 12.5. The molecule has 4 rings (SSSR count). The van der Waals surface area contributed by atoms with Gasteiger partial charge in [0.05, 0.1) is 12.2 Å². The van der Waals surface area contributed by atoms with Gasteiger partial charge in [0, 0.05) is 5.57 Å². The smallest absolute Gasteiger partial charge is 0.182 e. The fourth-order valence-corrected chi connectivity index (χ4v) is 7.30. The van der Waals surface area contributed by atoms with Crippen LogP contribution >= 0.6 is 0 Å². The maximum absolute atomic E-state index is 13.4. The Morgan fingerprint density at radius 1 is 1.03 bits per heavy atom. The number of fused-ring (bicyclic) bond motifs is 4. The number of carbonyl (C=O) groups excluding carboxylic acids is 1. The molecule has 3 heteroatoms. The molecule has 0 aromatic rings. The Morgan fingerprint density at radius 2 is 1.71 bits per heavy atom. The Balaban J connectivity index is 1.71. The largest absolute Gasteiger partial charge is 0.393 e. The van der Waals surface area contributed by atoms with Crippen molar-refractivity contribution in [2.45, 2.75) is 92.3 Å². The topological polar surface area (TPSA) is 57.5 Å². The van der Waals surface area contributed by atoms with Crippen LogP contribution in [0.15, 0.2) is 34.9 Å². The zero-order valence-corrected chi connectivity index (χ0v) is 20.3. The van der Waals surface area contributed by atoms with E-state index in [4.69, 9.17) is 0 Å². The third kappa shape index (κ3) is 3.60. The van der Waals surface area contributed by atoms with E-state index >= 15 is 0 Å². The molecule has 4 aliphatic rings. The Bertz CT molecular complexity index is 833. The van der Waals surface area contributed by atoms with Crippen molar-refractivity contribution < 1.29 is 15.0 Å². The molecular weight excluding hydrogens is 384 g/mol. The highest BCUT2D eigenvalue weighted by molar-refractivity contribution is 6.07. The summed E-state index contributed by atoms with van der Waals surface area (Å²) in [6.45, 7) is 13.7. The number of hydrogen-bond acceptors (Lipinski definition) is 3. The Hall–Kier alpha value is -1.19. The normalized spacial score (nSPS) is 42.4. The van der Waals surface area contributed by atoms with Crippen LogP contribution in [0.25, 0.3) is 0 Å². The van der Waals surface area contributed by atoms with Crippen LogP contribution in [0, 0.1) is 40.4 Å². The predicted molar refractivity (Wildman–Crippen MR) is 125 cm³/mol. The van der Waals surface area contributed by atoms with E-state index in [2.05, 4.69) is 53.7 Å². The molecule has 3 nitrogen and oxygen atoms in total. The average Bonchev–Trinajstić information content (AvgIpc) is 2.98. The third-order valence-corrected chi connectivity index (χ3v) is 9.77. The van der Waals surface area contributed by atoms with Crippen LogP contribution in [0.4, 0.5) is 0 Å². The van der Waals surface area contributed by atoms with Crippen molar-refractivity contribution in [3.8, 4) is 0 Å². The van der Waals surface area contributed by atoms with E-state index in [1.165, 1.54) is 0 Å². The van der Waals surface area contributed by atoms with Gasteiger partial charge in [-0.05, 0) is 90.6 Å². The minimum absolute atomic E-state index is 0.0488. The van der Waals surface area contributed by atoms with Gasteiger partial charge in [0.15, 0.2) is 5.78 Å². The van der Waals surface area contributed by atoms with Crippen molar-refractivity contribution in [2.75, 3.05) is 0 Å². The molecule has 4 aliphatic carbocycles. The summed E-state index contributed by atoms with van der Waals surface area (Å²) in [6, 6.07) is 0. The van der Waals surface area contributed by atoms with Gasteiger partial charge in [0.1, 0.15) is 0 Å². The van der Waals surface area contributed by atoms with E-state index in [-0.39, 0.29) is 28.6 Å². The molecule has 0 radical (unpaired) electrons.